The first-order chi connectivity index (χ1) is 22.4. The Morgan fingerprint density at radius 1 is 0.915 bits per heavy atom. The molecule has 242 valence electrons. The summed E-state index contributed by atoms with van der Waals surface area (Å²) in [5, 5.41) is 18.1. The van der Waals surface area contributed by atoms with Gasteiger partial charge in [-0.3, -0.25) is 14.2 Å². The molecule has 2 amide bonds. The lowest BCUT2D eigenvalue weighted by Crippen LogP contribution is -2.23. The van der Waals surface area contributed by atoms with Crippen LogP contribution in [0.3, 0.4) is 0 Å². The summed E-state index contributed by atoms with van der Waals surface area (Å²) < 4.78 is 44.7. The first-order valence-electron chi connectivity index (χ1n) is 14.0. The molecular weight excluding hydrogens is 657 g/mol. The van der Waals surface area contributed by atoms with Gasteiger partial charge in [-0.05, 0) is 83.6 Å². The molecule has 14 heteroatoms. The molecule has 0 saturated carbocycles. The van der Waals surface area contributed by atoms with Crippen LogP contribution in [0.5, 0.6) is 5.75 Å². The highest BCUT2D eigenvalue weighted by Gasteiger charge is 2.29. The number of alkyl halides is 3. The van der Waals surface area contributed by atoms with Crippen LogP contribution >= 0.6 is 23.4 Å². The van der Waals surface area contributed by atoms with Crippen molar-refractivity contribution >= 4 is 63.5 Å². The first-order valence-corrected chi connectivity index (χ1v) is 15.2. The molecular formula is C33H26ClF3N4O5S. The number of carbonyl (C=O) groups is 3. The molecule has 0 fully saturated rings. The van der Waals surface area contributed by atoms with E-state index < -0.39 is 17.5 Å². The summed E-state index contributed by atoms with van der Waals surface area (Å²) in [7, 11) is 0. The van der Waals surface area contributed by atoms with E-state index in [1.165, 1.54) is 22.9 Å². The fraction of sp³-hybridized carbons (Fsp3) is 0.121. The lowest BCUT2D eigenvalue weighted by atomic mass is 10.1. The van der Waals surface area contributed by atoms with Crippen molar-refractivity contribution in [1.29, 1.82) is 0 Å². The zero-order valence-corrected chi connectivity index (χ0v) is 25.9. The lowest BCUT2D eigenvalue weighted by molar-refractivity contribution is -0.136. The number of nitrogens with one attached hydrogen (secondary N) is 3. The molecule has 0 aliphatic rings. The van der Waals surface area contributed by atoms with Gasteiger partial charge in [0.2, 0.25) is 0 Å². The van der Waals surface area contributed by atoms with Crippen LogP contribution in [-0.2, 0) is 17.9 Å². The van der Waals surface area contributed by atoms with Gasteiger partial charge in [0.05, 0.1) is 17.7 Å². The van der Waals surface area contributed by atoms with E-state index in [0.29, 0.717) is 49.7 Å². The predicted molar refractivity (Wildman–Crippen MR) is 174 cm³/mol. The Balaban J connectivity index is 1.25. The third kappa shape index (κ3) is 9.06. The second-order valence-corrected chi connectivity index (χ2v) is 11.7. The Bertz CT molecular complexity index is 1920. The minimum atomic E-state index is -4.35. The van der Waals surface area contributed by atoms with Crippen molar-refractivity contribution in [3.8, 4) is 5.75 Å². The van der Waals surface area contributed by atoms with Crippen LogP contribution in [0.4, 0.5) is 29.3 Å². The summed E-state index contributed by atoms with van der Waals surface area (Å²) in [4.78, 5) is 37.7. The first kappa shape index (κ1) is 33.4. The summed E-state index contributed by atoms with van der Waals surface area (Å²) in [6.45, 7) is 0.0321. The number of hydrogen-bond acceptors (Lipinski definition) is 6. The number of nitrogens with zero attached hydrogens (tertiary/aromatic N) is 1. The number of hydrogen-bond donors (Lipinski definition) is 4. The van der Waals surface area contributed by atoms with Crippen LogP contribution < -0.4 is 20.7 Å². The standard InChI is InChI=1S/C33H26ClF3N4O5S/c34-22-7-14-29-27(15-22)28(18-41(29)31(44)26-4-2-1-3-21(26)16-38-17-30(42)43)40-32(45)39-23-8-10-24(11-9-23)46-19-20-5-12-25(13-6-20)47-33(35,36)37/h1-15,18,38H,16-17,19H2,(H,42,43)(H2,39,40,45). The zero-order valence-electron chi connectivity index (χ0n) is 24.3. The van der Waals surface area contributed by atoms with Gasteiger partial charge in [-0.15, -0.1) is 0 Å². The highest BCUT2D eigenvalue weighted by molar-refractivity contribution is 8.00. The highest BCUT2D eigenvalue weighted by Crippen LogP contribution is 2.37. The lowest BCUT2D eigenvalue weighted by Gasteiger charge is -2.10. The molecule has 47 heavy (non-hydrogen) atoms. The third-order valence-electron chi connectivity index (χ3n) is 6.75. The number of aliphatic carboxylic acids is 1. The van der Waals surface area contributed by atoms with E-state index in [1.54, 1.807) is 78.9 Å². The van der Waals surface area contributed by atoms with Gasteiger partial charge in [-0.25, -0.2) is 4.79 Å². The Kier molecular flexibility index (Phi) is 10.4. The van der Waals surface area contributed by atoms with E-state index in [-0.39, 0.29) is 42.3 Å². The van der Waals surface area contributed by atoms with E-state index in [4.69, 9.17) is 21.4 Å². The molecule has 1 aromatic heterocycles. The van der Waals surface area contributed by atoms with Gasteiger partial charge in [0.25, 0.3) is 5.91 Å². The van der Waals surface area contributed by atoms with Crippen molar-refractivity contribution < 1.29 is 37.4 Å². The maximum Gasteiger partial charge on any atom is 0.446 e. The fourth-order valence-electron chi connectivity index (χ4n) is 4.66. The zero-order chi connectivity index (χ0) is 33.6. The monoisotopic (exact) mass is 682 g/mol. The quantitative estimate of drug-likeness (QED) is 0.104. The molecule has 1 heterocycles. The minimum absolute atomic E-state index is 0.0852. The molecule has 4 aromatic carbocycles. The average molecular weight is 683 g/mol. The molecule has 5 aromatic rings. The van der Waals surface area contributed by atoms with Crippen LogP contribution in [0, 0.1) is 0 Å². The smallest absolute Gasteiger partial charge is 0.446 e. The number of ether oxygens (including phenoxy) is 1. The van der Waals surface area contributed by atoms with Crippen molar-refractivity contribution in [1.82, 2.24) is 9.88 Å². The molecule has 0 aliphatic heterocycles. The summed E-state index contributed by atoms with van der Waals surface area (Å²) >= 11 is 6.06. The van der Waals surface area contributed by atoms with E-state index in [0.717, 1.165) is 0 Å². The topological polar surface area (TPSA) is 122 Å². The number of benzene rings is 4. The van der Waals surface area contributed by atoms with Crippen LogP contribution in [0.25, 0.3) is 10.9 Å². The van der Waals surface area contributed by atoms with Gasteiger partial charge < -0.3 is 25.8 Å². The van der Waals surface area contributed by atoms with Gasteiger partial charge in [-0.1, -0.05) is 41.9 Å². The third-order valence-corrected chi connectivity index (χ3v) is 7.72. The molecule has 0 radical (unpaired) electrons. The van der Waals surface area contributed by atoms with E-state index in [2.05, 4.69) is 16.0 Å². The van der Waals surface area contributed by atoms with Crippen LogP contribution in [-0.4, -0.2) is 39.6 Å². The molecule has 0 unspecified atom stereocenters. The molecule has 9 nitrogen and oxygen atoms in total. The van der Waals surface area contributed by atoms with Gasteiger partial charge in [0.15, 0.2) is 0 Å². The number of anilines is 2. The second kappa shape index (κ2) is 14.6. The number of amides is 2. The summed E-state index contributed by atoms with van der Waals surface area (Å²) in [5.41, 5.74) is -1.43. The number of carboxylic acid groups (broad SMARTS) is 1. The fourth-order valence-corrected chi connectivity index (χ4v) is 5.37. The average Bonchev–Trinajstić information content (AvgIpc) is 3.37. The number of aromatic nitrogens is 1. The Hall–Kier alpha value is -4.98. The van der Waals surface area contributed by atoms with Gasteiger partial charge >= 0.3 is 17.5 Å². The SMILES string of the molecule is O=C(O)CNCc1ccccc1C(=O)n1cc(NC(=O)Nc2ccc(OCc3ccc(SC(F)(F)F)cc3)cc2)c2cc(Cl)ccc21. The number of carboxylic acids is 1. The van der Waals surface area contributed by atoms with E-state index >= 15 is 0 Å². The maximum absolute atomic E-state index is 13.7. The molecule has 0 atom stereocenters. The van der Waals surface area contributed by atoms with Crippen molar-refractivity contribution in [2.45, 2.75) is 23.6 Å². The molecule has 0 aliphatic carbocycles. The van der Waals surface area contributed by atoms with Crippen molar-refractivity contribution in [2.75, 3.05) is 17.2 Å². The van der Waals surface area contributed by atoms with Gasteiger partial charge in [0, 0.05) is 39.3 Å². The predicted octanol–water partition coefficient (Wildman–Crippen LogP) is 7.99. The maximum atomic E-state index is 13.7. The number of fused-ring (bicyclic) bond motifs is 1. The molecule has 0 bridgehead atoms. The van der Waals surface area contributed by atoms with E-state index in [9.17, 15) is 27.6 Å². The van der Waals surface area contributed by atoms with E-state index in [1.807, 2.05) is 0 Å². The van der Waals surface area contributed by atoms with Crippen molar-refractivity contribution in [3.63, 3.8) is 0 Å². The number of urea groups is 1. The molecule has 0 saturated heterocycles. The normalized spacial score (nSPS) is 11.3. The Morgan fingerprint density at radius 3 is 2.34 bits per heavy atom. The van der Waals surface area contributed by atoms with Crippen LogP contribution in [0.15, 0.2) is 102 Å². The second-order valence-electron chi connectivity index (χ2n) is 10.1. The van der Waals surface area contributed by atoms with Crippen LogP contribution in [0.1, 0.15) is 21.5 Å². The molecule has 4 N–H and O–H groups in total. The summed E-state index contributed by atoms with van der Waals surface area (Å²) in [6.07, 6.45) is 1.50. The van der Waals surface area contributed by atoms with Crippen molar-refractivity contribution in [3.05, 3.63) is 119 Å². The Labute approximate surface area is 275 Å². The highest BCUT2D eigenvalue weighted by atomic mass is 35.5. The van der Waals surface area contributed by atoms with Crippen LogP contribution in [0.2, 0.25) is 5.02 Å². The van der Waals surface area contributed by atoms with Crippen molar-refractivity contribution in [2.24, 2.45) is 0 Å². The summed E-state index contributed by atoms with van der Waals surface area (Å²) in [5.74, 6) is -0.918. The Morgan fingerprint density at radius 2 is 1.64 bits per heavy atom. The number of thioether (sulfide) groups is 1. The number of halogens is 4. The largest absolute Gasteiger partial charge is 0.489 e. The minimum Gasteiger partial charge on any atom is -0.489 e. The number of rotatable bonds is 11. The molecule has 0 spiro atoms. The van der Waals surface area contributed by atoms with Gasteiger partial charge in [-0.2, -0.15) is 13.2 Å². The molecule has 5 rings (SSSR count). The van der Waals surface area contributed by atoms with Gasteiger partial charge in [0.1, 0.15) is 12.4 Å². The number of carbonyl (C=O) groups excluding carboxylic acids is 2. The summed E-state index contributed by atoms with van der Waals surface area (Å²) in [6, 6.07) is 23.6.